The predicted molar refractivity (Wildman–Crippen MR) is 115 cm³/mol. The first-order valence-electron chi connectivity index (χ1n) is 9.09. The standard InChI is InChI=1S/C21H22ClN3O2S/c1-12-8-9-16-15(10-12)18-17(19(26)24(3)4)21(2,27-16)25(20(28)23-18)14-7-5-6-13(22)11-14/h5-11,17-18H,1-4H3,(H,23,28). The maximum absolute atomic E-state index is 13.3. The van der Waals surface area contributed by atoms with Crippen LogP contribution in [0.5, 0.6) is 5.75 Å². The van der Waals surface area contributed by atoms with E-state index in [-0.39, 0.29) is 11.9 Å². The molecule has 0 radical (unpaired) electrons. The summed E-state index contributed by atoms with van der Waals surface area (Å²) >= 11 is 11.9. The van der Waals surface area contributed by atoms with Crippen LogP contribution in [0.2, 0.25) is 5.02 Å². The van der Waals surface area contributed by atoms with Gasteiger partial charge in [-0.05, 0) is 50.3 Å². The number of fused-ring (bicyclic) bond motifs is 4. The lowest BCUT2D eigenvalue weighted by molar-refractivity contribution is -0.144. The summed E-state index contributed by atoms with van der Waals surface area (Å²) in [5, 5.41) is 4.49. The monoisotopic (exact) mass is 415 g/mol. The van der Waals surface area contributed by atoms with Gasteiger partial charge < -0.3 is 15.0 Å². The van der Waals surface area contributed by atoms with Crippen LogP contribution in [0.4, 0.5) is 5.69 Å². The topological polar surface area (TPSA) is 44.8 Å². The van der Waals surface area contributed by atoms with Crippen molar-refractivity contribution in [2.24, 2.45) is 5.92 Å². The number of thiocarbonyl (C=S) groups is 1. The molecule has 7 heteroatoms. The minimum absolute atomic E-state index is 0.0262. The fourth-order valence-corrected chi connectivity index (χ4v) is 4.76. The zero-order chi connectivity index (χ0) is 20.2. The number of aryl methyl sites for hydroxylation is 1. The first-order valence-corrected chi connectivity index (χ1v) is 9.88. The van der Waals surface area contributed by atoms with Gasteiger partial charge in [-0.3, -0.25) is 9.69 Å². The number of ether oxygens (including phenoxy) is 1. The van der Waals surface area contributed by atoms with Crippen LogP contribution >= 0.6 is 23.8 Å². The van der Waals surface area contributed by atoms with E-state index in [1.165, 1.54) is 0 Å². The van der Waals surface area contributed by atoms with Crippen molar-refractivity contribution in [1.82, 2.24) is 10.2 Å². The Morgan fingerprint density at radius 3 is 2.71 bits per heavy atom. The Balaban J connectivity index is 1.93. The van der Waals surface area contributed by atoms with E-state index in [1.54, 1.807) is 25.1 Å². The second kappa shape index (κ2) is 6.64. The van der Waals surface area contributed by atoms with Gasteiger partial charge in [0.25, 0.3) is 0 Å². The highest BCUT2D eigenvalue weighted by atomic mass is 35.5. The number of carbonyl (C=O) groups excluding carboxylic acids is 1. The number of amides is 1. The van der Waals surface area contributed by atoms with Crippen molar-refractivity contribution < 1.29 is 9.53 Å². The Bertz CT molecular complexity index is 980. The highest BCUT2D eigenvalue weighted by molar-refractivity contribution is 7.80. The van der Waals surface area contributed by atoms with Crippen molar-refractivity contribution in [1.29, 1.82) is 0 Å². The third kappa shape index (κ3) is 2.83. The Hall–Kier alpha value is -2.31. The van der Waals surface area contributed by atoms with Crippen LogP contribution in [-0.2, 0) is 4.79 Å². The minimum Gasteiger partial charge on any atom is -0.467 e. The summed E-state index contributed by atoms with van der Waals surface area (Å²) in [5.41, 5.74) is 1.83. The van der Waals surface area contributed by atoms with Crippen molar-refractivity contribution in [2.45, 2.75) is 25.6 Å². The minimum atomic E-state index is -0.999. The van der Waals surface area contributed by atoms with Crippen LogP contribution in [-0.4, -0.2) is 35.7 Å². The molecule has 0 aliphatic carbocycles. The summed E-state index contributed by atoms with van der Waals surface area (Å²) in [6, 6.07) is 13.2. The maximum atomic E-state index is 13.3. The second-order valence-corrected chi connectivity index (χ2v) is 8.47. The van der Waals surface area contributed by atoms with Gasteiger partial charge >= 0.3 is 0 Å². The van der Waals surface area contributed by atoms with Gasteiger partial charge in [0.2, 0.25) is 5.91 Å². The molecule has 1 fully saturated rings. The molecule has 146 valence electrons. The normalized spacial score (nSPS) is 25.5. The summed E-state index contributed by atoms with van der Waals surface area (Å²) in [4.78, 5) is 16.7. The molecule has 2 heterocycles. The number of anilines is 1. The third-order valence-electron chi connectivity index (χ3n) is 5.43. The Kier molecular flexibility index (Phi) is 4.51. The lowest BCUT2D eigenvalue weighted by Gasteiger charge is -2.56. The predicted octanol–water partition coefficient (Wildman–Crippen LogP) is 3.90. The first kappa shape index (κ1) is 19.0. The molecule has 0 aromatic heterocycles. The van der Waals surface area contributed by atoms with E-state index in [0.717, 1.165) is 22.6 Å². The van der Waals surface area contributed by atoms with E-state index in [1.807, 2.05) is 49.1 Å². The van der Waals surface area contributed by atoms with E-state index in [9.17, 15) is 4.79 Å². The lowest BCUT2D eigenvalue weighted by atomic mass is 9.78. The van der Waals surface area contributed by atoms with Crippen LogP contribution in [0.1, 0.15) is 24.1 Å². The van der Waals surface area contributed by atoms with Crippen molar-refractivity contribution in [3.63, 3.8) is 0 Å². The van der Waals surface area contributed by atoms with E-state index < -0.39 is 11.6 Å². The molecular formula is C21H22ClN3O2S. The molecule has 4 rings (SSSR count). The van der Waals surface area contributed by atoms with Gasteiger partial charge in [0.15, 0.2) is 10.8 Å². The Morgan fingerprint density at radius 1 is 1.29 bits per heavy atom. The number of nitrogens with zero attached hydrogens (tertiary/aromatic N) is 2. The van der Waals surface area contributed by atoms with Crippen LogP contribution in [0.3, 0.4) is 0 Å². The van der Waals surface area contributed by atoms with Gasteiger partial charge in [-0.1, -0.05) is 35.4 Å². The molecule has 0 spiro atoms. The largest absolute Gasteiger partial charge is 0.467 e. The van der Waals surface area contributed by atoms with Crippen molar-refractivity contribution in [3.8, 4) is 5.75 Å². The molecule has 3 unspecified atom stereocenters. The molecule has 1 N–H and O–H groups in total. The van der Waals surface area contributed by atoms with Crippen molar-refractivity contribution in [2.75, 3.05) is 19.0 Å². The van der Waals surface area contributed by atoms with E-state index in [4.69, 9.17) is 28.6 Å². The van der Waals surface area contributed by atoms with Crippen LogP contribution in [0.25, 0.3) is 0 Å². The summed E-state index contributed by atoms with van der Waals surface area (Å²) in [6.45, 7) is 3.94. The zero-order valence-corrected chi connectivity index (χ0v) is 17.8. The van der Waals surface area contributed by atoms with Crippen molar-refractivity contribution >= 4 is 40.5 Å². The SMILES string of the molecule is Cc1ccc2c(c1)C1NC(=S)N(c3cccc(Cl)c3)C(C)(O2)C1C(=O)N(C)C. The van der Waals surface area contributed by atoms with Gasteiger partial charge in [-0.2, -0.15) is 0 Å². The number of benzene rings is 2. The molecule has 1 amide bonds. The molecule has 2 bridgehead atoms. The Labute approximate surface area is 175 Å². The number of hydrogen-bond acceptors (Lipinski definition) is 3. The molecule has 0 saturated carbocycles. The number of rotatable bonds is 2. The second-order valence-electron chi connectivity index (χ2n) is 7.65. The number of hydrogen-bond donors (Lipinski definition) is 1. The van der Waals surface area contributed by atoms with Crippen LogP contribution < -0.4 is 15.0 Å². The van der Waals surface area contributed by atoms with Gasteiger partial charge in [0.05, 0.1) is 6.04 Å². The van der Waals surface area contributed by atoms with Crippen LogP contribution in [0.15, 0.2) is 42.5 Å². The number of nitrogens with one attached hydrogen (secondary N) is 1. The summed E-state index contributed by atoms with van der Waals surface area (Å²) in [6.07, 6.45) is 0. The molecule has 2 aromatic carbocycles. The smallest absolute Gasteiger partial charge is 0.233 e. The van der Waals surface area contributed by atoms with E-state index >= 15 is 0 Å². The maximum Gasteiger partial charge on any atom is 0.233 e. The highest BCUT2D eigenvalue weighted by Gasteiger charge is 2.59. The van der Waals surface area contributed by atoms with Gasteiger partial charge in [0, 0.05) is 30.4 Å². The van der Waals surface area contributed by atoms with Crippen LogP contribution in [0, 0.1) is 12.8 Å². The highest BCUT2D eigenvalue weighted by Crippen LogP contribution is 2.50. The quantitative estimate of drug-likeness (QED) is 0.754. The molecular weight excluding hydrogens is 394 g/mol. The average Bonchev–Trinajstić information content (AvgIpc) is 2.61. The summed E-state index contributed by atoms with van der Waals surface area (Å²) in [5.74, 6) is 0.229. The molecule has 2 aromatic rings. The molecule has 1 saturated heterocycles. The third-order valence-corrected chi connectivity index (χ3v) is 5.96. The lowest BCUT2D eigenvalue weighted by Crippen LogP contribution is -2.72. The fraction of sp³-hybridized carbons (Fsp3) is 0.333. The fourth-order valence-electron chi connectivity index (χ4n) is 4.16. The molecule has 5 nitrogen and oxygen atoms in total. The van der Waals surface area contributed by atoms with Gasteiger partial charge in [0.1, 0.15) is 11.7 Å². The number of carbonyl (C=O) groups is 1. The average molecular weight is 416 g/mol. The van der Waals surface area contributed by atoms with E-state index in [2.05, 4.69) is 11.4 Å². The molecule has 2 aliphatic rings. The van der Waals surface area contributed by atoms with Gasteiger partial charge in [-0.25, -0.2) is 0 Å². The molecule has 2 aliphatic heterocycles. The van der Waals surface area contributed by atoms with E-state index in [0.29, 0.717) is 10.1 Å². The molecule has 3 atom stereocenters. The van der Waals surface area contributed by atoms with Gasteiger partial charge in [-0.15, -0.1) is 0 Å². The first-order chi connectivity index (χ1) is 13.2. The zero-order valence-electron chi connectivity index (χ0n) is 16.2. The van der Waals surface area contributed by atoms with Crippen molar-refractivity contribution in [3.05, 3.63) is 58.6 Å². The summed E-state index contributed by atoms with van der Waals surface area (Å²) < 4.78 is 6.51. The molecule has 28 heavy (non-hydrogen) atoms. The number of halogens is 1. The summed E-state index contributed by atoms with van der Waals surface area (Å²) in [7, 11) is 3.52. The Morgan fingerprint density at radius 2 is 2.04 bits per heavy atom.